The molecule has 1 saturated heterocycles. The molecule has 2 unspecified atom stereocenters. The first-order valence-corrected chi connectivity index (χ1v) is 8.10. The minimum absolute atomic E-state index is 0.217. The van der Waals surface area contributed by atoms with Crippen LogP contribution in [0.5, 0.6) is 0 Å². The average molecular weight is 321 g/mol. The molecule has 22 heavy (non-hydrogen) atoms. The van der Waals surface area contributed by atoms with Crippen LogP contribution in [-0.4, -0.2) is 43.7 Å². The van der Waals surface area contributed by atoms with Crippen molar-refractivity contribution in [1.29, 1.82) is 0 Å². The van der Waals surface area contributed by atoms with Gasteiger partial charge in [0.1, 0.15) is 0 Å². The van der Waals surface area contributed by atoms with Crippen molar-refractivity contribution in [1.82, 2.24) is 19.9 Å². The van der Waals surface area contributed by atoms with E-state index in [2.05, 4.69) is 15.2 Å². The predicted octanol–water partition coefficient (Wildman–Crippen LogP) is 2.66. The lowest BCUT2D eigenvalue weighted by Crippen LogP contribution is -2.45. The van der Waals surface area contributed by atoms with Gasteiger partial charge in [-0.1, -0.05) is 23.2 Å². The van der Waals surface area contributed by atoms with E-state index < -0.39 is 0 Å². The lowest BCUT2D eigenvalue weighted by molar-refractivity contribution is 0.0309. The van der Waals surface area contributed by atoms with E-state index in [1.165, 1.54) is 12.8 Å². The third kappa shape index (κ3) is 3.48. The minimum atomic E-state index is -0.313. The Hall–Kier alpha value is -1.43. The van der Waals surface area contributed by atoms with E-state index >= 15 is 0 Å². The quantitative estimate of drug-likeness (QED) is 0.941. The lowest BCUT2D eigenvalue weighted by Gasteiger charge is -2.36. The van der Waals surface area contributed by atoms with Crippen molar-refractivity contribution in [3.63, 3.8) is 0 Å². The van der Waals surface area contributed by atoms with E-state index in [1.54, 1.807) is 4.68 Å². The van der Waals surface area contributed by atoms with Crippen molar-refractivity contribution in [3.05, 3.63) is 41.2 Å². The van der Waals surface area contributed by atoms with Gasteiger partial charge in [-0.3, -0.25) is 4.90 Å². The van der Waals surface area contributed by atoms with Gasteiger partial charge in [0.05, 0.1) is 23.7 Å². The Balaban J connectivity index is 1.72. The molecule has 1 aromatic heterocycles. The summed E-state index contributed by atoms with van der Waals surface area (Å²) in [4.78, 5) is 2.31. The Kier molecular flexibility index (Phi) is 4.76. The van der Waals surface area contributed by atoms with Crippen molar-refractivity contribution in [2.75, 3.05) is 6.54 Å². The number of rotatable bonds is 4. The highest BCUT2D eigenvalue weighted by Gasteiger charge is 2.26. The van der Waals surface area contributed by atoms with E-state index in [-0.39, 0.29) is 12.1 Å². The van der Waals surface area contributed by atoms with Crippen LogP contribution in [0, 0.1) is 0 Å². The number of benzene rings is 1. The van der Waals surface area contributed by atoms with Crippen LogP contribution in [-0.2, 0) is 6.54 Å². The highest BCUT2D eigenvalue weighted by atomic mass is 35.5. The molecule has 1 aromatic carbocycles. The molecule has 0 saturated carbocycles. The van der Waals surface area contributed by atoms with Gasteiger partial charge in [0.15, 0.2) is 0 Å². The summed E-state index contributed by atoms with van der Waals surface area (Å²) < 4.78 is 1.76. The summed E-state index contributed by atoms with van der Waals surface area (Å²) in [6.45, 7) is 3.60. The number of aliphatic hydroxyl groups is 1. The Labute approximate surface area is 135 Å². The molecule has 1 fully saturated rings. The molecule has 1 aliphatic heterocycles. The van der Waals surface area contributed by atoms with Crippen molar-refractivity contribution in [2.24, 2.45) is 0 Å². The van der Waals surface area contributed by atoms with E-state index in [9.17, 15) is 5.11 Å². The topological polar surface area (TPSA) is 54.2 Å². The van der Waals surface area contributed by atoms with Crippen LogP contribution in [0.1, 0.15) is 31.9 Å². The molecular weight excluding hydrogens is 300 g/mol. The second kappa shape index (κ2) is 6.77. The number of likely N-dealkylation sites (tertiary alicyclic amines) is 1. The van der Waals surface area contributed by atoms with Crippen LogP contribution in [0.25, 0.3) is 5.69 Å². The highest BCUT2D eigenvalue weighted by molar-refractivity contribution is 6.30. The Morgan fingerprint density at radius 2 is 2.09 bits per heavy atom. The van der Waals surface area contributed by atoms with E-state index in [4.69, 9.17) is 11.6 Å². The monoisotopic (exact) mass is 320 g/mol. The summed E-state index contributed by atoms with van der Waals surface area (Å²) in [6.07, 6.45) is 5.03. The number of piperidine rings is 1. The predicted molar refractivity (Wildman–Crippen MR) is 86.1 cm³/mol. The zero-order valence-electron chi connectivity index (χ0n) is 12.7. The third-order valence-corrected chi connectivity index (χ3v) is 4.47. The van der Waals surface area contributed by atoms with Gasteiger partial charge in [-0.05, 0) is 50.6 Å². The van der Waals surface area contributed by atoms with Gasteiger partial charge in [0, 0.05) is 17.6 Å². The zero-order valence-corrected chi connectivity index (χ0v) is 13.4. The van der Waals surface area contributed by atoms with Crippen molar-refractivity contribution in [2.45, 2.75) is 44.9 Å². The summed E-state index contributed by atoms with van der Waals surface area (Å²) in [7, 11) is 0. The molecule has 5 nitrogen and oxygen atoms in total. The fourth-order valence-electron chi connectivity index (χ4n) is 3.06. The van der Waals surface area contributed by atoms with E-state index in [0.717, 1.165) is 30.9 Å². The molecule has 2 heterocycles. The lowest BCUT2D eigenvalue weighted by atomic mass is 9.98. The molecule has 0 amide bonds. The maximum absolute atomic E-state index is 9.94. The number of hydrogen-bond acceptors (Lipinski definition) is 4. The maximum atomic E-state index is 9.94. The van der Waals surface area contributed by atoms with Crippen molar-refractivity contribution < 1.29 is 5.11 Å². The number of aliphatic hydroxyl groups excluding tert-OH is 1. The Morgan fingerprint density at radius 3 is 2.82 bits per heavy atom. The Bertz CT molecular complexity index is 611. The van der Waals surface area contributed by atoms with Crippen LogP contribution in [0.4, 0.5) is 0 Å². The van der Waals surface area contributed by atoms with E-state index in [1.807, 2.05) is 37.4 Å². The fraction of sp³-hybridized carbons (Fsp3) is 0.500. The third-order valence-electron chi connectivity index (χ3n) is 4.22. The molecule has 1 N–H and O–H groups in total. The van der Waals surface area contributed by atoms with Gasteiger partial charge in [0.25, 0.3) is 0 Å². The second-order valence-electron chi connectivity index (χ2n) is 5.91. The standard InChI is InChI=1S/C16H21ClN4O/c1-12(22)16-4-2-3-9-20(16)10-14-11-21(19-18-14)15-7-5-13(17)6-8-15/h5-8,11-12,16,22H,2-4,9-10H2,1H3. The molecular formula is C16H21ClN4O. The molecule has 6 heteroatoms. The fourth-order valence-corrected chi connectivity index (χ4v) is 3.18. The molecule has 0 aliphatic carbocycles. The van der Waals surface area contributed by atoms with Crippen molar-refractivity contribution in [3.8, 4) is 5.69 Å². The van der Waals surface area contributed by atoms with Gasteiger partial charge in [-0.25, -0.2) is 4.68 Å². The van der Waals surface area contributed by atoms with Crippen LogP contribution in [0.2, 0.25) is 5.02 Å². The summed E-state index contributed by atoms with van der Waals surface area (Å²) in [5, 5.41) is 19.1. The number of halogens is 1. The summed E-state index contributed by atoms with van der Waals surface area (Å²) in [6, 6.07) is 7.73. The molecule has 118 valence electrons. The van der Waals surface area contributed by atoms with Crippen LogP contribution in [0.15, 0.2) is 30.5 Å². The molecule has 0 bridgehead atoms. The molecule has 1 aliphatic rings. The van der Waals surface area contributed by atoms with Crippen molar-refractivity contribution >= 4 is 11.6 Å². The van der Waals surface area contributed by atoms with Gasteiger partial charge < -0.3 is 5.11 Å². The van der Waals surface area contributed by atoms with Gasteiger partial charge >= 0.3 is 0 Å². The number of aromatic nitrogens is 3. The van der Waals surface area contributed by atoms with Crippen LogP contribution < -0.4 is 0 Å². The van der Waals surface area contributed by atoms with Gasteiger partial charge in [0.2, 0.25) is 0 Å². The SMILES string of the molecule is CC(O)C1CCCCN1Cc1cn(-c2ccc(Cl)cc2)nn1. The average Bonchev–Trinajstić information content (AvgIpc) is 2.97. The number of nitrogens with zero attached hydrogens (tertiary/aromatic N) is 4. The first-order valence-electron chi connectivity index (χ1n) is 7.73. The molecule has 0 radical (unpaired) electrons. The van der Waals surface area contributed by atoms with Gasteiger partial charge in [-0.15, -0.1) is 5.10 Å². The first-order chi connectivity index (χ1) is 10.6. The Morgan fingerprint density at radius 1 is 1.32 bits per heavy atom. The maximum Gasteiger partial charge on any atom is 0.0971 e. The van der Waals surface area contributed by atoms with Crippen LogP contribution in [0.3, 0.4) is 0 Å². The molecule has 0 spiro atoms. The van der Waals surface area contributed by atoms with E-state index in [0.29, 0.717) is 5.02 Å². The normalized spacial score (nSPS) is 21.0. The van der Waals surface area contributed by atoms with Crippen LogP contribution >= 0.6 is 11.6 Å². The molecule has 2 aromatic rings. The highest BCUT2D eigenvalue weighted by Crippen LogP contribution is 2.22. The number of hydrogen-bond donors (Lipinski definition) is 1. The first kappa shape index (κ1) is 15.5. The van der Waals surface area contributed by atoms with Gasteiger partial charge in [-0.2, -0.15) is 0 Å². The minimum Gasteiger partial charge on any atom is -0.392 e. The molecule has 2 atom stereocenters. The summed E-state index contributed by atoms with van der Waals surface area (Å²) in [5.74, 6) is 0. The molecule has 3 rings (SSSR count). The summed E-state index contributed by atoms with van der Waals surface area (Å²) >= 11 is 5.90. The smallest absolute Gasteiger partial charge is 0.0971 e. The largest absolute Gasteiger partial charge is 0.392 e. The summed E-state index contributed by atoms with van der Waals surface area (Å²) in [5.41, 5.74) is 1.86. The zero-order chi connectivity index (χ0) is 15.5. The second-order valence-corrected chi connectivity index (χ2v) is 6.34.